The number of amides is 1. The predicted octanol–water partition coefficient (Wildman–Crippen LogP) is 4.66. The molecular weight excluding hydrogens is 408 g/mol. The van der Waals surface area contributed by atoms with Gasteiger partial charge in [0.05, 0.1) is 9.83 Å². The molecule has 0 bridgehead atoms. The first-order valence-corrected chi connectivity index (χ1v) is 9.32. The Balaban J connectivity index is 1.91. The van der Waals surface area contributed by atoms with Crippen LogP contribution in [0.25, 0.3) is 6.08 Å². The fraction of sp³-hybridized carbons (Fsp3) is 0.111. The highest BCUT2D eigenvalue weighted by atomic mass is 35.5. The van der Waals surface area contributed by atoms with Gasteiger partial charge in [0, 0.05) is 29.8 Å². The number of likely N-dealkylation sites (N-methyl/N-ethyl adjacent to an activating group) is 1. The quantitative estimate of drug-likeness (QED) is 0.303. The van der Waals surface area contributed by atoms with Crippen LogP contribution in [0.2, 0.25) is 5.02 Å². The average Bonchev–Trinajstić information content (AvgIpc) is 2.88. The maximum Gasteiger partial charge on any atom is 0.270 e. The Hall–Kier alpha value is -2.42. The first-order chi connectivity index (χ1) is 12.8. The maximum absolute atomic E-state index is 12.2. The Bertz CT molecular complexity index is 960. The van der Waals surface area contributed by atoms with E-state index < -0.39 is 4.92 Å². The molecule has 0 spiro atoms. The topological polar surface area (TPSA) is 72.7 Å². The second-order valence-electron chi connectivity index (χ2n) is 5.64. The van der Waals surface area contributed by atoms with E-state index in [0.717, 1.165) is 17.3 Å². The van der Waals surface area contributed by atoms with Crippen LogP contribution in [0.5, 0.6) is 5.75 Å². The van der Waals surface area contributed by atoms with Crippen molar-refractivity contribution in [2.75, 3.05) is 7.05 Å². The summed E-state index contributed by atoms with van der Waals surface area (Å²) in [7, 11) is 1.59. The lowest BCUT2D eigenvalue weighted by Crippen LogP contribution is -2.22. The number of hydrogen-bond donors (Lipinski definition) is 0. The normalized spacial score (nSPS) is 15.5. The molecule has 6 nitrogen and oxygen atoms in total. The lowest BCUT2D eigenvalue weighted by atomic mass is 10.1. The minimum absolute atomic E-state index is 0.0907. The molecule has 0 aromatic heterocycles. The van der Waals surface area contributed by atoms with E-state index >= 15 is 0 Å². The van der Waals surface area contributed by atoms with Crippen LogP contribution in [-0.4, -0.2) is 27.1 Å². The number of carbonyl (C=O) groups excluding carboxylic acids is 1. The third kappa shape index (κ3) is 4.47. The van der Waals surface area contributed by atoms with Crippen LogP contribution in [0.3, 0.4) is 0 Å². The van der Waals surface area contributed by atoms with Crippen molar-refractivity contribution < 1.29 is 14.5 Å². The molecule has 3 rings (SSSR count). The molecule has 2 aromatic carbocycles. The summed E-state index contributed by atoms with van der Waals surface area (Å²) in [6.45, 7) is 0.255. The van der Waals surface area contributed by atoms with E-state index in [1.165, 1.54) is 23.1 Å². The van der Waals surface area contributed by atoms with E-state index in [0.29, 0.717) is 25.6 Å². The Labute approximate surface area is 169 Å². The lowest BCUT2D eigenvalue weighted by Gasteiger charge is -2.10. The van der Waals surface area contributed by atoms with Gasteiger partial charge >= 0.3 is 0 Å². The molecule has 0 unspecified atom stereocenters. The molecule has 1 aliphatic rings. The van der Waals surface area contributed by atoms with Crippen LogP contribution in [0.1, 0.15) is 11.1 Å². The summed E-state index contributed by atoms with van der Waals surface area (Å²) in [5, 5.41) is 11.7. The number of ether oxygens (including phenoxy) is 1. The van der Waals surface area contributed by atoms with E-state index in [1.807, 2.05) is 12.1 Å². The molecule has 138 valence electrons. The molecule has 0 radical (unpaired) electrons. The van der Waals surface area contributed by atoms with Crippen molar-refractivity contribution in [3.8, 4) is 5.75 Å². The number of nitro groups is 1. The van der Waals surface area contributed by atoms with E-state index in [2.05, 4.69) is 0 Å². The first-order valence-electron chi connectivity index (χ1n) is 7.72. The van der Waals surface area contributed by atoms with E-state index in [1.54, 1.807) is 25.3 Å². The monoisotopic (exact) mass is 420 g/mol. The zero-order chi connectivity index (χ0) is 19.6. The van der Waals surface area contributed by atoms with Crippen LogP contribution in [0.4, 0.5) is 5.69 Å². The van der Waals surface area contributed by atoms with E-state index in [9.17, 15) is 14.9 Å². The molecule has 9 heteroatoms. The van der Waals surface area contributed by atoms with Crippen molar-refractivity contribution in [2.45, 2.75) is 6.61 Å². The molecule has 0 aliphatic carbocycles. The Morgan fingerprint density at radius 3 is 2.59 bits per heavy atom. The molecular formula is C18H13ClN2O4S2. The summed E-state index contributed by atoms with van der Waals surface area (Å²) in [5.74, 6) is 0.178. The van der Waals surface area contributed by atoms with Gasteiger partial charge in [-0.2, -0.15) is 0 Å². The number of benzene rings is 2. The summed E-state index contributed by atoms with van der Waals surface area (Å²) in [6.07, 6.45) is 1.56. The van der Waals surface area contributed by atoms with Crippen LogP contribution in [-0.2, 0) is 11.4 Å². The van der Waals surface area contributed by atoms with Gasteiger partial charge in [0.15, 0.2) is 0 Å². The number of rotatable bonds is 5. The van der Waals surface area contributed by atoms with Gasteiger partial charge < -0.3 is 4.74 Å². The molecule has 0 saturated carbocycles. The standard InChI is InChI=1S/C18H13ClN2O4S2/c1-20-17(22)16(27-18(20)26)9-12-8-14(21(23)24)6-7-15(12)25-10-11-2-4-13(19)5-3-11/h2-9H,10H2,1H3/b16-9-. The largest absolute Gasteiger partial charge is 0.488 e. The van der Waals surface area contributed by atoms with Gasteiger partial charge in [-0.15, -0.1) is 0 Å². The molecule has 0 atom stereocenters. The van der Waals surface area contributed by atoms with Crippen molar-refractivity contribution in [1.29, 1.82) is 0 Å². The number of carbonyl (C=O) groups is 1. The van der Waals surface area contributed by atoms with Crippen LogP contribution >= 0.6 is 35.6 Å². The number of nitrogens with zero attached hydrogens (tertiary/aromatic N) is 2. The van der Waals surface area contributed by atoms with Crippen molar-refractivity contribution in [3.63, 3.8) is 0 Å². The van der Waals surface area contributed by atoms with E-state index in [4.69, 9.17) is 28.6 Å². The fourth-order valence-corrected chi connectivity index (χ4v) is 3.62. The summed E-state index contributed by atoms with van der Waals surface area (Å²) < 4.78 is 6.25. The lowest BCUT2D eigenvalue weighted by molar-refractivity contribution is -0.384. The summed E-state index contributed by atoms with van der Waals surface area (Å²) in [6, 6.07) is 11.4. The smallest absolute Gasteiger partial charge is 0.270 e. The highest BCUT2D eigenvalue weighted by Gasteiger charge is 2.29. The summed E-state index contributed by atoms with van der Waals surface area (Å²) in [5.41, 5.74) is 1.24. The SMILES string of the molecule is CN1C(=O)/C(=C/c2cc([N+](=O)[O-])ccc2OCc2ccc(Cl)cc2)SC1=S. The average molecular weight is 421 g/mol. The summed E-state index contributed by atoms with van der Waals surface area (Å²) >= 11 is 12.1. The van der Waals surface area contributed by atoms with Crippen molar-refractivity contribution in [1.82, 2.24) is 4.90 Å². The number of halogens is 1. The second-order valence-corrected chi connectivity index (χ2v) is 7.75. The number of thioether (sulfide) groups is 1. The minimum atomic E-state index is -0.495. The number of thiocarbonyl (C=S) groups is 1. The molecule has 1 heterocycles. The van der Waals surface area contributed by atoms with E-state index in [-0.39, 0.29) is 18.2 Å². The van der Waals surface area contributed by atoms with Gasteiger partial charge in [-0.05, 0) is 29.8 Å². The maximum atomic E-state index is 12.2. The Kier molecular flexibility index (Phi) is 5.79. The van der Waals surface area contributed by atoms with Gasteiger partial charge in [0.2, 0.25) is 0 Å². The molecule has 1 aliphatic heterocycles. The highest BCUT2D eigenvalue weighted by molar-refractivity contribution is 8.26. The van der Waals surface area contributed by atoms with Crippen LogP contribution in [0, 0.1) is 10.1 Å². The second kappa shape index (κ2) is 8.08. The Morgan fingerprint density at radius 1 is 1.30 bits per heavy atom. The molecule has 1 amide bonds. The molecule has 1 saturated heterocycles. The predicted molar refractivity (Wildman–Crippen MR) is 110 cm³/mol. The van der Waals surface area contributed by atoms with Crippen LogP contribution < -0.4 is 4.74 Å². The Morgan fingerprint density at radius 2 is 2.00 bits per heavy atom. The minimum Gasteiger partial charge on any atom is -0.488 e. The molecule has 27 heavy (non-hydrogen) atoms. The zero-order valence-electron chi connectivity index (χ0n) is 14.0. The van der Waals surface area contributed by atoms with Crippen molar-refractivity contribution in [2.24, 2.45) is 0 Å². The van der Waals surface area contributed by atoms with Crippen molar-refractivity contribution >= 4 is 57.6 Å². The first kappa shape index (κ1) is 19.3. The zero-order valence-corrected chi connectivity index (χ0v) is 16.4. The van der Waals surface area contributed by atoms with Gasteiger partial charge in [-0.25, -0.2) is 0 Å². The van der Waals surface area contributed by atoms with Gasteiger partial charge in [-0.3, -0.25) is 19.8 Å². The third-order valence-corrected chi connectivity index (χ3v) is 5.52. The van der Waals surface area contributed by atoms with Gasteiger partial charge in [0.25, 0.3) is 11.6 Å². The molecule has 0 N–H and O–H groups in total. The number of nitro benzene ring substituents is 1. The van der Waals surface area contributed by atoms with Crippen molar-refractivity contribution in [3.05, 3.63) is 73.6 Å². The van der Waals surface area contributed by atoms with Gasteiger partial charge in [0.1, 0.15) is 16.7 Å². The number of hydrogen-bond acceptors (Lipinski definition) is 6. The number of non-ortho nitro benzene ring substituents is 1. The highest BCUT2D eigenvalue weighted by Crippen LogP contribution is 2.34. The van der Waals surface area contributed by atoms with Crippen LogP contribution in [0.15, 0.2) is 47.4 Å². The molecule has 1 fully saturated rings. The van der Waals surface area contributed by atoms with Gasteiger partial charge in [-0.1, -0.05) is 47.7 Å². The fourth-order valence-electron chi connectivity index (χ4n) is 2.32. The third-order valence-electron chi connectivity index (χ3n) is 3.78. The summed E-state index contributed by atoms with van der Waals surface area (Å²) in [4.78, 5) is 24.6. The molecule has 2 aromatic rings.